The lowest BCUT2D eigenvalue weighted by Crippen LogP contribution is -1.90. The monoisotopic (exact) mass is 192 g/mol. The highest BCUT2D eigenvalue weighted by Crippen LogP contribution is 2.26. The maximum atomic E-state index is 12.9. The van der Waals surface area contributed by atoms with Gasteiger partial charge in [0.15, 0.2) is 0 Å². The minimum absolute atomic E-state index is 0.194. The second kappa shape index (κ2) is 3.82. The third kappa shape index (κ3) is 1.95. The molecule has 2 heteroatoms. The van der Waals surface area contributed by atoms with Crippen molar-refractivity contribution in [1.29, 1.82) is 0 Å². The van der Waals surface area contributed by atoms with Crippen molar-refractivity contribution in [2.75, 3.05) is 0 Å². The summed E-state index contributed by atoms with van der Waals surface area (Å²) in [5.74, 6) is -0.0874. The standard InChI is InChI=1S/C12H13FO/c13-11-5-6-12(14)10(8-11)7-9-3-1-2-4-9/h3,5-6,8,14H,1-2,4,7H2. The molecule has 0 radical (unpaired) electrons. The van der Waals surface area contributed by atoms with Gasteiger partial charge in [0.1, 0.15) is 11.6 Å². The zero-order valence-corrected chi connectivity index (χ0v) is 7.96. The Labute approximate surface area is 82.9 Å². The molecule has 1 aromatic carbocycles. The summed E-state index contributed by atoms with van der Waals surface area (Å²) in [4.78, 5) is 0. The van der Waals surface area contributed by atoms with Gasteiger partial charge in [0.05, 0.1) is 0 Å². The van der Waals surface area contributed by atoms with Crippen molar-refractivity contribution in [2.24, 2.45) is 0 Å². The number of benzene rings is 1. The molecule has 0 aliphatic heterocycles. The van der Waals surface area contributed by atoms with Crippen molar-refractivity contribution in [1.82, 2.24) is 0 Å². The molecule has 0 saturated carbocycles. The number of phenols is 1. The Bertz CT molecular complexity index is 369. The van der Waals surface area contributed by atoms with Crippen LogP contribution in [0.25, 0.3) is 0 Å². The number of halogens is 1. The van der Waals surface area contributed by atoms with Gasteiger partial charge in [0.25, 0.3) is 0 Å². The molecule has 0 spiro atoms. The minimum atomic E-state index is -0.281. The maximum absolute atomic E-state index is 12.9. The zero-order chi connectivity index (χ0) is 9.97. The summed E-state index contributed by atoms with van der Waals surface area (Å²) in [6, 6.07) is 4.11. The van der Waals surface area contributed by atoms with Gasteiger partial charge in [-0.15, -0.1) is 0 Å². The largest absolute Gasteiger partial charge is 0.508 e. The van der Waals surface area contributed by atoms with Crippen LogP contribution in [0, 0.1) is 5.82 Å². The van der Waals surface area contributed by atoms with Crippen molar-refractivity contribution < 1.29 is 9.50 Å². The molecule has 0 unspecified atom stereocenters. The topological polar surface area (TPSA) is 20.2 Å². The fraction of sp³-hybridized carbons (Fsp3) is 0.333. The molecule has 0 aromatic heterocycles. The SMILES string of the molecule is Oc1ccc(F)cc1CC1=CCCC1. The van der Waals surface area contributed by atoms with Gasteiger partial charge in [0, 0.05) is 5.56 Å². The van der Waals surface area contributed by atoms with Crippen LogP contribution in [0.2, 0.25) is 0 Å². The van der Waals surface area contributed by atoms with E-state index in [0.717, 1.165) is 12.8 Å². The lowest BCUT2D eigenvalue weighted by molar-refractivity contribution is 0.466. The molecule has 0 saturated heterocycles. The predicted octanol–water partition coefficient (Wildman–Crippen LogP) is 3.18. The average molecular weight is 192 g/mol. The van der Waals surface area contributed by atoms with Crippen LogP contribution in [-0.4, -0.2) is 5.11 Å². The first-order chi connectivity index (χ1) is 6.75. The Balaban J connectivity index is 2.19. The van der Waals surface area contributed by atoms with Crippen LogP contribution in [0.1, 0.15) is 24.8 Å². The molecule has 1 nitrogen and oxygen atoms in total. The molecule has 14 heavy (non-hydrogen) atoms. The summed E-state index contributed by atoms with van der Waals surface area (Å²) < 4.78 is 12.9. The van der Waals surface area contributed by atoms with Crippen LogP contribution < -0.4 is 0 Å². The van der Waals surface area contributed by atoms with Crippen LogP contribution in [0.15, 0.2) is 29.8 Å². The number of hydrogen-bond donors (Lipinski definition) is 1. The van der Waals surface area contributed by atoms with Crippen molar-refractivity contribution in [2.45, 2.75) is 25.7 Å². The zero-order valence-electron chi connectivity index (χ0n) is 7.96. The van der Waals surface area contributed by atoms with E-state index in [0.29, 0.717) is 12.0 Å². The summed E-state index contributed by atoms with van der Waals surface area (Å²) in [7, 11) is 0. The molecule has 1 aromatic rings. The number of phenolic OH excluding ortho intramolecular Hbond substituents is 1. The van der Waals surface area contributed by atoms with E-state index in [-0.39, 0.29) is 11.6 Å². The number of aromatic hydroxyl groups is 1. The Kier molecular flexibility index (Phi) is 2.53. The third-order valence-corrected chi connectivity index (χ3v) is 2.59. The van der Waals surface area contributed by atoms with E-state index >= 15 is 0 Å². The Hall–Kier alpha value is -1.31. The van der Waals surface area contributed by atoms with Crippen LogP contribution in [0.3, 0.4) is 0 Å². The number of hydrogen-bond acceptors (Lipinski definition) is 1. The molecular weight excluding hydrogens is 179 g/mol. The first-order valence-corrected chi connectivity index (χ1v) is 4.91. The normalized spacial score (nSPS) is 15.6. The smallest absolute Gasteiger partial charge is 0.123 e. The molecule has 0 fully saturated rings. The van der Waals surface area contributed by atoms with E-state index in [1.165, 1.54) is 30.2 Å². The number of rotatable bonds is 2. The summed E-state index contributed by atoms with van der Waals surface area (Å²) in [6.45, 7) is 0. The molecule has 0 bridgehead atoms. The predicted molar refractivity (Wildman–Crippen MR) is 53.7 cm³/mol. The number of allylic oxidation sites excluding steroid dienone is 2. The van der Waals surface area contributed by atoms with Crippen LogP contribution in [0.4, 0.5) is 4.39 Å². The summed E-state index contributed by atoms with van der Waals surface area (Å²) >= 11 is 0. The fourth-order valence-electron chi connectivity index (χ4n) is 1.84. The van der Waals surface area contributed by atoms with Crippen LogP contribution in [-0.2, 0) is 6.42 Å². The molecule has 0 amide bonds. The van der Waals surface area contributed by atoms with Crippen LogP contribution >= 0.6 is 0 Å². The molecule has 0 atom stereocenters. The summed E-state index contributed by atoms with van der Waals surface area (Å²) in [5.41, 5.74) is 2.00. The molecule has 1 aliphatic carbocycles. The third-order valence-electron chi connectivity index (χ3n) is 2.59. The van der Waals surface area contributed by atoms with Gasteiger partial charge in [-0.05, 0) is 43.9 Å². The van der Waals surface area contributed by atoms with Crippen molar-refractivity contribution in [3.63, 3.8) is 0 Å². The van der Waals surface area contributed by atoms with Gasteiger partial charge in [0.2, 0.25) is 0 Å². The summed E-state index contributed by atoms with van der Waals surface area (Å²) in [6.07, 6.45) is 6.25. The molecule has 0 heterocycles. The van der Waals surface area contributed by atoms with Crippen molar-refractivity contribution in [3.8, 4) is 5.75 Å². The molecule has 1 N–H and O–H groups in total. The van der Waals surface area contributed by atoms with Gasteiger partial charge >= 0.3 is 0 Å². The Morgan fingerprint density at radius 2 is 2.21 bits per heavy atom. The maximum Gasteiger partial charge on any atom is 0.123 e. The Morgan fingerprint density at radius 1 is 1.36 bits per heavy atom. The highest BCUT2D eigenvalue weighted by molar-refractivity contribution is 5.36. The quantitative estimate of drug-likeness (QED) is 0.713. The molecule has 1 aliphatic rings. The first-order valence-electron chi connectivity index (χ1n) is 4.91. The highest BCUT2D eigenvalue weighted by Gasteiger charge is 2.09. The van der Waals surface area contributed by atoms with E-state index in [4.69, 9.17) is 0 Å². The van der Waals surface area contributed by atoms with E-state index < -0.39 is 0 Å². The van der Waals surface area contributed by atoms with Gasteiger partial charge in [-0.2, -0.15) is 0 Å². The van der Waals surface area contributed by atoms with Gasteiger partial charge < -0.3 is 5.11 Å². The van der Waals surface area contributed by atoms with Crippen LogP contribution in [0.5, 0.6) is 5.75 Å². The summed E-state index contributed by atoms with van der Waals surface area (Å²) in [5, 5.41) is 9.50. The minimum Gasteiger partial charge on any atom is -0.508 e. The lowest BCUT2D eigenvalue weighted by Gasteiger charge is -2.05. The van der Waals surface area contributed by atoms with Gasteiger partial charge in [-0.1, -0.05) is 11.6 Å². The van der Waals surface area contributed by atoms with Crippen molar-refractivity contribution >= 4 is 0 Å². The molecule has 2 rings (SSSR count). The highest BCUT2D eigenvalue weighted by atomic mass is 19.1. The Morgan fingerprint density at radius 3 is 2.93 bits per heavy atom. The van der Waals surface area contributed by atoms with E-state index in [9.17, 15) is 9.50 Å². The molecular formula is C12H13FO. The lowest BCUT2D eigenvalue weighted by atomic mass is 10.0. The van der Waals surface area contributed by atoms with Gasteiger partial charge in [-0.25, -0.2) is 4.39 Å². The van der Waals surface area contributed by atoms with E-state index in [2.05, 4.69) is 6.08 Å². The second-order valence-corrected chi connectivity index (χ2v) is 3.70. The van der Waals surface area contributed by atoms with Gasteiger partial charge in [-0.3, -0.25) is 0 Å². The first kappa shape index (κ1) is 9.25. The fourth-order valence-corrected chi connectivity index (χ4v) is 1.84. The second-order valence-electron chi connectivity index (χ2n) is 3.70. The van der Waals surface area contributed by atoms with E-state index in [1.54, 1.807) is 0 Å². The van der Waals surface area contributed by atoms with E-state index in [1.807, 2.05) is 0 Å². The van der Waals surface area contributed by atoms with Crippen molar-refractivity contribution in [3.05, 3.63) is 41.2 Å². The average Bonchev–Trinajstić information content (AvgIpc) is 2.64. The molecule has 74 valence electrons.